The van der Waals surface area contributed by atoms with Crippen LogP contribution in [0.4, 0.5) is 5.69 Å². The lowest BCUT2D eigenvalue weighted by Gasteiger charge is -2.13. The summed E-state index contributed by atoms with van der Waals surface area (Å²) in [6.07, 6.45) is 1.60. The summed E-state index contributed by atoms with van der Waals surface area (Å²) in [7, 11) is -4.14. The van der Waals surface area contributed by atoms with Gasteiger partial charge >= 0.3 is 10.1 Å². The van der Waals surface area contributed by atoms with E-state index in [1.807, 2.05) is 48.5 Å². The molecule has 37 heavy (non-hydrogen) atoms. The molecule has 9 heteroatoms. The van der Waals surface area contributed by atoms with Crippen molar-refractivity contribution in [2.45, 2.75) is 4.90 Å². The maximum atomic E-state index is 13.6. The highest BCUT2D eigenvalue weighted by Crippen LogP contribution is 2.37. The molecule has 0 N–H and O–H groups in total. The van der Waals surface area contributed by atoms with Crippen LogP contribution in [0.1, 0.15) is 11.1 Å². The molecule has 184 valence electrons. The van der Waals surface area contributed by atoms with Crippen LogP contribution in [0, 0.1) is 0 Å². The molecule has 0 atom stereocenters. The van der Waals surface area contributed by atoms with Crippen molar-refractivity contribution in [2.75, 3.05) is 5.01 Å². The molecule has 6 nitrogen and oxygen atoms in total. The topological polar surface area (TPSA) is 76.0 Å². The zero-order valence-electron chi connectivity index (χ0n) is 19.1. The molecule has 4 aromatic carbocycles. The highest BCUT2D eigenvalue weighted by molar-refractivity contribution is 9.11. The zero-order chi connectivity index (χ0) is 26.0. The van der Waals surface area contributed by atoms with Gasteiger partial charge in [0.15, 0.2) is 5.75 Å². The number of nitrogens with zero attached hydrogens (tertiary/aromatic N) is 2. The molecule has 0 saturated heterocycles. The van der Waals surface area contributed by atoms with E-state index in [1.165, 1.54) is 17.1 Å². The fourth-order valence-corrected chi connectivity index (χ4v) is 6.21. The molecule has 4 aromatic rings. The molecule has 0 aliphatic carbocycles. The number of carbonyl (C=O) groups excluding carboxylic acids is 1. The van der Waals surface area contributed by atoms with E-state index < -0.39 is 10.1 Å². The molecule has 1 heterocycles. The lowest BCUT2D eigenvalue weighted by atomic mass is 10.00. The fraction of sp³-hybridized carbons (Fsp3) is 0. The fourth-order valence-electron chi connectivity index (χ4n) is 3.77. The number of carbonyl (C=O) groups is 1. The lowest BCUT2D eigenvalue weighted by molar-refractivity contribution is -0.114. The molecule has 0 spiro atoms. The van der Waals surface area contributed by atoms with Crippen LogP contribution >= 0.6 is 31.9 Å². The minimum absolute atomic E-state index is 0.0159. The number of para-hydroxylation sites is 1. The minimum Gasteiger partial charge on any atom is -0.377 e. The quantitative estimate of drug-likeness (QED) is 0.172. The van der Waals surface area contributed by atoms with Crippen molar-refractivity contribution in [3.05, 3.63) is 129 Å². The van der Waals surface area contributed by atoms with E-state index in [1.54, 1.807) is 48.5 Å². The second-order valence-electron chi connectivity index (χ2n) is 7.98. The normalized spacial score (nSPS) is 14.6. The standard InChI is InChI=1S/C28H18Br2N2O4S/c29-21-16-20(27(25(30)18-21)36-37(34,35)23-14-8-3-9-15-23)17-24-26(19-10-4-1-5-11-19)31-32(28(24)33)22-12-6-2-7-13-22/h1-18H/b24-17-. The van der Waals surface area contributed by atoms with Crippen LogP contribution in [0.15, 0.2) is 128 Å². The Balaban J connectivity index is 1.64. The number of amides is 1. The molecular formula is C28H18Br2N2O4S. The first-order chi connectivity index (χ1) is 17.8. The average Bonchev–Trinajstić information content (AvgIpc) is 3.23. The smallest absolute Gasteiger partial charge is 0.339 e. The van der Waals surface area contributed by atoms with Gasteiger partial charge in [-0.15, -0.1) is 0 Å². The van der Waals surface area contributed by atoms with Crippen molar-refractivity contribution in [3.63, 3.8) is 0 Å². The number of benzene rings is 4. The maximum absolute atomic E-state index is 13.6. The van der Waals surface area contributed by atoms with Gasteiger partial charge in [0.1, 0.15) is 10.6 Å². The second kappa shape index (κ2) is 10.5. The van der Waals surface area contributed by atoms with Crippen LogP contribution in [0.5, 0.6) is 5.75 Å². The minimum atomic E-state index is -4.14. The largest absolute Gasteiger partial charge is 0.377 e. The summed E-state index contributed by atoms with van der Waals surface area (Å²) in [6.45, 7) is 0. The third-order valence-corrected chi connectivity index (χ3v) is 7.77. The van der Waals surface area contributed by atoms with E-state index in [0.29, 0.717) is 31.5 Å². The molecule has 0 radical (unpaired) electrons. The maximum Gasteiger partial charge on any atom is 0.339 e. The first kappa shape index (κ1) is 25.1. The van der Waals surface area contributed by atoms with Crippen molar-refractivity contribution in [2.24, 2.45) is 5.10 Å². The molecule has 0 bridgehead atoms. The Morgan fingerprint density at radius 3 is 2.05 bits per heavy atom. The Hall–Kier alpha value is -3.53. The van der Waals surface area contributed by atoms with Crippen LogP contribution in [-0.2, 0) is 14.9 Å². The molecule has 1 aliphatic rings. The number of hydrogen-bond donors (Lipinski definition) is 0. The van der Waals surface area contributed by atoms with E-state index in [4.69, 9.17) is 4.18 Å². The zero-order valence-corrected chi connectivity index (χ0v) is 23.1. The Morgan fingerprint density at radius 2 is 1.41 bits per heavy atom. The van der Waals surface area contributed by atoms with Gasteiger partial charge in [-0.25, -0.2) is 0 Å². The van der Waals surface area contributed by atoms with E-state index in [0.717, 1.165) is 5.56 Å². The molecule has 5 rings (SSSR count). The third-order valence-electron chi connectivity index (χ3n) is 5.49. The molecule has 0 unspecified atom stereocenters. The van der Waals surface area contributed by atoms with Gasteiger partial charge in [0.05, 0.1) is 15.7 Å². The first-order valence-electron chi connectivity index (χ1n) is 11.1. The van der Waals surface area contributed by atoms with Crippen molar-refractivity contribution < 1.29 is 17.4 Å². The summed E-state index contributed by atoms with van der Waals surface area (Å²) in [5, 5.41) is 5.97. The lowest BCUT2D eigenvalue weighted by Crippen LogP contribution is -2.21. The average molecular weight is 638 g/mol. The van der Waals surface area contributed by atoms with Crippen LogP contribution in [-0.4, -0.2) is 20.0 Å². The number of halogens is 2. The first-order valence-corrected chi connectivity index (χ1v) is 14.1. The van der Waals surface area contributed by atoms with Crippen LogP contribution < -0.4 is 9.19 Å². The molecule has 0 saturated carbocycles. The van der Waals surface area contributed by atoms with Gasteiger partial charge in [0.25, 0.3) is 5.91 Å². The predicted octanol–water partition coefficient (Wildman–Crippen LogP) is 6.81. The van der Waals surface area contributed by atoms with Gasteiger partial charge < -0.3 is 4.18 Å². The second-order valence-corrected chi connectivity index (χ2v) is 11.3. The van der Waals surface area contributed by atoms with Gasteiger partial charge in [0.2, 0.25) is 0 Å². The summed E-state index contributed by atoms with van der Waals surface area (Å²) < 4.78 is 32.7. The Labute approximate surface area is 231 Å². The van der Waals surface area contributed by atoms with Crippen LogP contribution in [0.25, 0.3) is 6.08 Å². The molecular weight excluding hydrogens is 620 g/mol. The van der Waals surface area contributed by atoms with Gasteiger partial charge in [-0.3, -0.25) is 4.79 Å². The summed E-state index contributed by atoms with van der Waals surface area (Å²) in [5.74, 6) is -0.295. The Bertz CT molecular complexity index is 1640. The van der Waals surface area contributed by atoms with Crippen LogP contribution in [0.2, 0.25) is 0 Å². The van der Waals surface area contributed by atoms with Crippen molar-refractivity contribution >= 4 is 65.4 Å². The number of hydrogen-bond acceptors (Lipinski definition) is 5. The van der Waals surface area contributed by atoms with Gasteiger partial charge in [-0.05, 0) is 58.4 Å². The summed E-state index contributed by atoms with van der Waals surface area (Å²) >= 11 is 6.88. The van der Waals surface area contributed by atoms with Gasteiger partial charge in [-0.1, -0.05) is 82.7 Å². The van der Waals surface area contributed by atoms with Gasteiger partial charge in [-0.2, -0.15) is 18.5 Å². The van der Waals surface area contributed by atoms with Crippen molar-refractivity contribution in [3.8, 4) is 5.75 Å². The van der Waals surface area contributed by atoms with Crippen molar-refractivity contribution in [1.29, 1.82) is 0 Å². The Kier molecular flexibility index (Phi) is 7.10. The Morgan fingerprint density at radius 1 is 0.811 bits per heavy atom. The summed E-state index contributed by atoms with van der Waals surface area (Å²) in [4.78, 5) is 13.7. The molecule has 0 aromatic heterocycles. The van der Waals surface area contributed by atoms with E-state index in [2.05, 4.69) is 37.0 Å². The monoisotopic (exact) mass is 636 g/mol. The highest BCUT2D eigenvalue weighted by atomic mass is 79.9. The third kappa shape index (κ3) is 5.29. The van der Waals surface area contributed by atoms with Gasteiger partial charge in [0, 0.05) is 15.6 Å². The molecule has 0 fully saturated rings. The summed E-state index contributed by atoms with van der Waals surface area (Å²) in [5.41, 5.74) is 2.49. The number of hydrazone groups is 1. The van der Waals surface area contributed by atoms with Crippen molar-refractivity contribution in [1.82, 2.24) is 0 Å². The SMILES string of the molecule is O=C1/C(=C\c2cc(Br)cc(Br)c2OS(=O)(=O)c2ccccc2)C(c2ccccc2)=NN1c1ccccc1. The summed E-state index contributed by atoms with van der Waals surface area (Å²) in [6, 6.07) is 29.7. The number of anilines is 1. The number of rotatable bonds is 6. The highest BCUT2D eigenvalue weighted by Gasteiger charge is 2.32. The van der Waals surface area contributed by atoms with E-state index in [9.17, 15) is 13.2 Å². The molecule has 1 amide bonds. The van der Waals surface area contributed by atoms with E-state index in [-0.39, 0.29) is 16.6 Å². The molecule has 1 aliphatic heterocycles. The van der Waals surface area contributed by atoms with E-state index >= 15 is 0 Å². The van der Waals surface area contributed by atoms with Crippen LogP contribution in [0.3, 0.4) is 0 Å². The predicted molar refractivity (Wildman–Crippen MR) is 151 cm³/mol.